The molecule has 1 aliphatic heterocycles. The van der Waals surface area contributed by atoms with E-state index in [1.807, 2.05) is 18.0 Å². The molecule has 1 aromatic rings. The van der Waals surface area contributed by atoms with Gasteiger partial charge in [-0.1, -0.05) is 79.8 Å². The van der Waals surface area contributed by atoms with E-state index in [0.717, 1.165) is 50.0 Å². The summed E-state index contributed by atoms with van der Waals surface area (Å²) in [4.78, 5) is 41.9. The van der Waals surface area contributed by atoms with Crippen molar-refractivity contribution in [3.63, 3.8) is 0 Å². The quantitative estimate of drug-likeness (QED) is 0.114. The summed E-state index contributed by atoms with van der Waals surface area (Å²) in [6.07, 6.45) is 28.7. The van der Waals surface area contributed by atoms with Crippen molar-refractivity contribution < 1.29 is 28.6 Å². The van der Waals surface area contributed by atoms with Gasteiger partial charge < -0.3 is 35.8 Å². The van der Waals surface area contributed by atoms with E-state index in [2.05, 4.69) is 89.4 Å². The number of aliphatic hydroxyl groups is 1. The van der Waals surface area contributed by atoms with Crippen LogP contribution in [0, 0.1) is 0 Å². The summed E-state index contributed by atoms with van der Waals surface area (Å²) in [5, 5.41) is 15.9. The highest BCUT2D eigenvalue weighted by atomic mass is 19.1. The van der Waals surface area contributed by atoms with E-state index in [1.165, 1.54) is 12.3 Å². The molecule has 0 radical (unpaired) electrons. The number of nitrogens with two attached hydrogens (primary N) is 1. The maximum atomic E-state index is 15.3. The first-order chi connectivity index (χ1) is 24.6. The fraction of sp³-hybridized carbons (Fsp3) is 0.526. The molecule has 13 heteroatoms. The van der Waals surface area contributed by atoms with Crippen LogP contribution in [-0.4, -0.2) is 89.3 Å². The number of rotatable bonds is 23. The standard InChI is InChI=1S/C38H57FN6O6/c1-4-5-6-7-8-9-10-11-12-13-14-15-16-17-18-19-20-21-22-23-33(46)41-25-28-44(3)29-26-42-37(49)50-30-31-34(47)38(2,39)35(51-31)45-27-24-32(40)43-36(45)48/h5-6,8-9,11-12,14-15,17-18,20-21,24,27,31,34-35,47H,4,7,10,13,16,19,22-23,25-26,28-30H2,1-3H3,(H,41,46)(H,42,49)(H2,40,43,48)/b6-5-,9-8-,12-11-,15-14-,18-17-,21-20-/t31-,34-,35-,38-/m1/s1. The Bertz CT molecular complexity index is 1420. The highest BCUT2D eigenvalue weighted by Gasteiger charge is 2.55. The lowest BCUT2D eigenvalue weighted by atomic mass is 9.98. The van der Waals surface area contributed by atoms with Crippen LogP contribution >= 0.6 is 0 Å². The molecule has 282 valence electrons. The minimum Gasteiger partial charge on any atom is -0.447 e. The van der Waals surface area contributed by atoms with Gasteiger partial charge in [0.15, 0.2) is 11.9 Å². The number of amides is 2. The minimum atomic E-state index is -2.35. The number of aromatic nitrogens is 2. The highest BCUT2D eigenvalue weighted by molar-refractivity contribution is 5.75. The molecule has 0 aromatic carbocycles. The highest BCUT2D eigenvalue weighted by Crippen LogP contribution is 2.40. The molecule has 2 amide bonds. The van der Waals surface area contributed by atoms with Gasteiger partial charge in [-0.2, -0.15) is 4.98 Å². The first-order valence-corrected chi connectivity index (χ1v) is 17.7. The molecule has 1 aliphatic rings. The van der Waals surface area contributed by atoms with Gasteiger partial charge in [-0.25, -0.2) is 14.0 Å². The lowest BCUT2D eigenvalue weighted by molar-refractivity contribution is -0.121. The van der Waals surface area contributed by atoms with Crippen LogP contribution in [0.25, 0.3) is 0 Å². The Hall–Kier alpha value is -4.33. The normalized spacial score (nSPS) is 21.1. The zero-order chi connectivity index (χ0) is 37.3. The molecule has 2 heterocycles. The third kappa shape index (κ3) is 17.4. The number of alkyl carbamates (subject to hydrolysis) is 1. The molecule has 0 spiro atoms. The van der Waals surface area contributed by atoms with E-state index in [0.29, 0.717) is 32.5 Å². The number of nitrogens with one attached hydrogen (secondary N) is 2. The Labute approximate surface area is 301 Å². The van der Waals surface area contributed by atoms with Gasteiger partial charge in [0.1, 0.15) is 24.6 Å². The van der Waals surface area contributed by atoms with Gasteiger partial charge in [0.25, 0.3) is 0 Å². The fourth-order valence-corrected chi connectivity index (χ4v) is 4.95. The van der Waals surface area contributed by atoms with E-state index in [1.54, 1.807) is 0 Å². The van der Waals surface area contributed by atoms with Crippen LogP contribution in [0.2, 0.25) is 0 Å². The number of aliphatic hydroxyl groups excluding tert-OH is 1. The second-order valence-corrected chi connectivity index (χ2v) is 12.3. The summed E-state index contributed by atoms with van der Waals surface area (Å²) in [6.45, 7) is 4.60. The maximum absolute atomic E-state index is 15.3. The van der Waals surface area contributed by atoms with Crippen LogP contribution in [0.1, 0.15) is 71.4 Å². The fourth-order valence-electron chi connectivity index (χ4n) is 4.95. The van der Waals surface area contributed by atoms with E-state index >= 15 is 4.39 Å². The zero-order valence-corrected chi connectivity index (χ0v) is 30.3. The van der Waals surface area contributed by atoms with Crippen molar-refractivity contribution in [1.29, 1.82) is 0 Å². The predicted molar refractivity (Wildman–Crippen MR) is 200 cm³/mol. The summed E-state index contributed by atoms with van der Waals surface area (Å²) in [5.74, 6) is -0.0555. The van der Waals surface area contributed by atoms with E-state index in [9.17, 15) is 19.5 Å². The molecule has 0 saturated carbocycles. The van der Waals surface area contributed by atoms with Crippen molar-refractivity contribution in [2.75, 3.05) is 45.6 Å². The molecule has 4 atom stereocenters. The molecule has 51 heavy (non-hydrogen) atoms. The van der Waals surface area contributed by atoms with Crippen molar-refractivity contribution in [2.24, 2.45) is 0 Å². The second kappa shape index (κ2) is 24.8. The third-order valence-corrected chi connectivity index (χ3v) is 7.91. The van der Waals surface area contributed by atoms with Crippen molar-refractivity contribution in [3.8, 4) is 0 Å². The first kappa shape index (κ1) is 42.8. The molecule has 1 aromatic heterocycles. The second-order valence-electron chi connectivity index (χ2n) is 12.3. The van der Waals surface area contributed by atoms with Crippen molar-refractivity contribution in [3.05, 3.63) is 95.7 Å². The number of alkyl halides is 1. The van der Waals surface area contributed by atoms with Gasteiger partial charge in [0, 0.05) is 38.8 Å². The van der Waals surface area contributed by atoms with Crippen LogP contribution in [0.3, 0.4) is 0 Å². The smallest absolute Gasteiger partial charge is 0.407 e. The van der Waals surface area contributed by atoms with Gasteiger partial charge in [0.2, 0.25) is 5.91 Å². The Balaban J connectivity index is 1.48. The number of hydrogen-bond acceptors (Lipinski definition) is 9. The minimum absolute atomic E-state index is 0.0231. The number of anilines is 1. The number of nitrogens with zero attached hydrogens (tertiary/aromatic N) is 3. The van der Waals surface area contributed by atoms with Crippen LogP contribution < -0.4 is 22.1 Å². The van der Waals surface area contributed by atoms with E-state index in [4.69, 9.17) is 15.2 Å². The van der Waals surface area contributed by atoms with Crippen LogP contribution in [0.4, 0.5) is 15.0 Å². The summed E-state index contributed by atoms with van der Waals surface area (Å²) in [5.41, 5.74) is 2.30. The maximum Gasteiger partial charge on any atom is 0.407 e. The lowest BCUT2D eigenvalue weighted by Gasteiger charge is -2.24. The summed E-state index contributed by atoms with van der Waals surface area (Å²) >= 11 is 0. The largest absolute Gasteiger partial charge is 0.447 e. The van der Waals surface area contributed by atoms with Crippen LogP contribution in [0.15, 0.2) is 90.0 Å². The SMILES string of the molecule is CC/C=C\C/C=C\C/C=C\C/C=C\C/C=C\C/C=C\CCC(=O)NCCN(C)CCNC(=O)OC[C@H]1O[C@@H](n2ccc(N)nc2=O)[C@](C)(F)[C@@H]1O. The molecule has 5 N–H and O–H groups in total. The lowest BCUT2D eigenvalue weighted by Crippen LogP contribution is -2.43. The molecule has 12 nitrogen and oxygen atoms in total. The molecule has 0 bridgehead atoms. The Morgan fingerprint density at radius 1 is 0.980 bits per heavy atom. The number of nitrogen functional groups attached to an aromatic ring is 1. The number of carbonyl (C=O) groups excluding carboxylic acids is 2. The van der Waals surface area contributed by atoms with Crippen LogP contribution in [0.5, 0.6) is 0 Å². The first-order valence-electron chi connectivity index (χ1n) is 17.7. The molecule has 1 fully saturated rings. The van der Waals surface area contributed by atoms with Crippen molar-refractivity contribution >= 4 is 17.8 Å². The van der Waals surface area contributed by atoms with Crippen molar-refractivity contribution in [2.45, 2.75) is 89.3 Å². The van der Waals surface area contributed by atoms with E-state index < -0.39 is 42.5 Å². The summed E-state index contributed by atoms with van der Waals surface area (Å²) < 4.78 is 26.8. The Kier molecular flexibility index (Phi) is 20.8. The molecular formula is C38H57FN6O6. The molecule has 0 unspecified atom stereocenters. The monoisotopic (exact) mass is 712 g/mol. The van der Waals surface area contributed by atoms with Gasteiger partial charge in [0.05, 0.1) is 0 Å². The average Bonchev–Trinajstić information content (AvgIpc) is 3.31. The van der Waals surface area contributed by atoms with Gasteiger partial charge in [-0.05, 0) is 65.0 Å². The molecular weight excluding hydrogens is 655 g/mol. The topological polar surface area (TPSA) is 161 Å². The predicted octanol–water partition coefficient (Wildman–Crippen LogP) is 5.06. The van der Waals surface area contributed by atoms with E-state index in [-0.39, 0.29) is 18.3 Å². The number of halogens is 1. The molecule has 2 rings (SSSR count). The van der Waals surface area contributed by atoms with Crippen molar-refractivity contribution in [1.82, 2.24) is 25.1 Å². The van der Waals surface area contributed by atoms with Gasteiger partial charge >= 0.3 is 11.8 Å². The number of hydrogen-bond donors (Lipinski definition) is 4. The zero-order valence-electron chi connectivity index (χ0n) is 30.3. The Morgan fingerprint density at radius 2 is 1.51 bits per heavy atom. The van der Waals surface area contributed by atoms with Crippen LogP contribution in [-0.2, 0) is 14.3 Å². The Morgan fingerprint density at radius 3 is 2.06 bits per heavy atom. The average molecular weight is 713 g/mol. The number of ether oxygens (including phenoxy) is 2. The van der Waals surface area contributed by atoms with Gasteiger partial charge in [-0.15, -0.1) is 0 Å². The third-order valence-electron chi connectivity index (χ3n) is 7.91. The van der Waals surface area contributed by atoms with Gasteiger partial charge in [-0.3, -0.25) is 9.36 Å². The number of carbonyl (C=O) groups is 2. The summed E-state index contributed by atoms with van der Waals surface area (Å²) in [6, 6.07) is 1.31. The molecule has 0 aliphatic carbocycles. The summed E-state index contributed by atoms with van der Waals surface area (Å²) in [7, 11) is 1.86. The number of allylic oxidation sites excluding steroid dienone is 12. The molecule has 1 saturated heterocycles. The number of likely N-dealkylation sites (N-methyl/N-ethyl adjacent to an activating group) is 1.